The number of nitro benzene ring substituents is 1. The number of unbranched alkanes of at least 4 members (excludes halogenated alkanes) is 2. The van der Waals surface area contributed by atoms with Crippen LogP contribution in [0.25, 0.3) is 0 Å². The molecular weight excluding hydrogens is 260 g/mol. The Morgan fingerprint density at radius 1 is 1.15 bits per heavy atom. The quantitative estimate of drug-likeness (QED) is 0.403. The number of rotatable bonds is 10. The SMILES string of the molecule is NC(=O)CCCCCOCCc1ccc([N+](=O)[O-])cc1. The van der Waals surface area contributed by atoms with Crippen molar-refractivity contribution in [1.82, 2.24) is 0 Å². The molecule has 0 atom stereocenters. The molecule has 2 N–H and O–H groups in total. The van der Waals surface area contributed by atoms with Crippen LogP contribution in [0.5, 0.6) is 0 Å². The Kier molecular flexibility index (Phi) is 7.27. The topological polar surface area (TPSA) is 95.5 Å². The van der Waals surface area contributed by atoms with E-state index in [9.17, 15) is 14.9 Å². The largest absolute Gasteiger partial charge is 0.381 e. The lowest BCUT2D eigenvalue weighted by Crippen LogP contribution is -2.09. The number of ether oxygens (including phenoxy) is 1. The molecule has 1 aromatic rings. The molecule has 0 fully saturated rings. The Balaban J connectivity index is 2.06. The first kappa shape index (κ1) is 16.1. The molecule has 0 saturated carbocycles. The Morgan fingerprint density at radius 3 is 2.45 bits per heavy atom. The molecule has 0 aliphatic carbocycles. The minimum absolute atomic E-state index is 0.101. The number of amides is 1. The van der Waals surface area contributed by atoms with Crippen LogP contribution in [-0.2, 0) is 16.0 Å². The maximum absolute atomic E-state index is 10.5. The second-order valence-electron chi connectivity index (χ2n) is 4.56. The van der Waals surface area contributed by atoms with E-state index in [4.69, 9.17) is 10.5 Å². The van der Waals surface area contributed by atoms with E-state index in [0.29, 0.717) is 19.6 Å². The van der Waals surface area contributed by atoms with Crippen molar-refractivity contribution in [3.8, 4) is 0 Å². The van der Waals surface area contributed by atoms with Gasteiger partial charge < -0.3 is 10.5 Å². The molecule has 0 saturated heterocycles. The van der Waals surface area contributed by atoms with Gasteiger partial charge in [0.25, 0.3) is 5.69 Å². The lowest BCUT2D eigenvalue weighted by atomic mass is 10.1. The molecule has 0 heterocycles. The maximum Gasteiger partial charge on any atom is 0.269 e. The average Bonchev–Trinajstić information content (AvgIpc) is 2.42. The summed E-state index contributed by atoms with van der Waals surface area (Å²) in [6.07, 6.45) is 3.82. The van der Waals surface area contributed by atoms with Crippen LogP contribution < -0.4 is 5.73 Å². The van der Waals surface area contributed by atoms with E-state index in [1.807, 2.05) is 0 Å². The predicted octanol–water partition coefficient (Wildman–Crippen LogP) is 2.20. The molecule has 0 unspecified atom stereocenters. The number of carbonyl (C=O) groups is 1. The molecule has 6 nitrogen and oxygen atoms in total. The van der Waals surface area contributed by atoms with Crippen molar-refractivity contribution in [2.24, 2.45) is 5.73 Å². The van der Waals surface area contributed by atoms with Crippen LogP contribution in [0.4, 0.5) is 5.69 Å². The number of nitrogens with zero attached hydrogens (tertiary/aromatic N) is 1. The van der Waals surface area contributed by atoms with E-state index in [-0.39, 0.29) is 11.6 Å². The molecule has 0 aliphatic rings. The smallest absolute Gasteiger partial charge is 0.269 e. The van der Waals surface area contributed by atoms with Crippen LogP contribution in [0.1, 0.15) is 31.2 Å². The Hall–Kier alpha value is -1.95. The molecule has 0 spiro atoms. The van der Waals surface area contributed by atoms with Crippen LogP contribution >= 0.6 is 0 Å². The summed E-state index contributed by atoms with van der Waals surface area (Å²) < 4.78 is 5.47. The molecule has 0 aliphatic heterocycles. The van der Waals surface area contributed by atoms with Crippen molar-refractivity contribution in [2.75, 3.05) is 13.2 Å². The Labute approximate surface area is 118 Å². The van der Waals surface area contributed by atoms with Gasteiger partial charge in [-0.05, 0) is 24.8 Å². The molecule has 110 valence electrons. The Morgan fingerprint density at radius 2 is 1.85 bits per heavy atom. The van der Waals surface area contributed by atoms with Gasteiger partial charge in [0.15, 0.2) is 0 Å². The molecule has 0 radical (unpaired) electrons. The molecule has 1 rings (SSSR count). The van der Waals surface area contributed by atoms with Gasteiger partial charge in [-0.25, -0.2) is 0 Å². The highest BCUT2D eigenvalue weighted by Crippen LogP contribution is 2.12. The summed E-state index contributed by atoms with van der Waals surface area (Å²) in [6.45, 7) is 1.25. The number of nitrogens with two attached hydrogens (primary N) is 1. The lowest BCUT2D eigenvalue weighted by Gasteiger charge is -2.04. The van der Waals surface area contributed by atoms with E-state index < -0.39 is 4.92 Å². The van der Waals surface area contributed by atoms with E-state index in [1.54, 1.807) is 12.1 Å². The van der Waals surface area contributed by atoms with E-state index >= 15 is 0 Å². The minimum Gasteiger partial charge on any atom is -0.381 e. The monoisotopic (exact) mass is 280 g/mol. The number of carbonyl (C=O) groups excluding carboxylic acids is 1. The number of benzene rings is 1. The van der Waals surface area contributed by atoms with Gasteiger partial charge in [0.1, 0.15) is 0 Å². The third-order valence-corrected chi connectivity index (χ3v) is 2.89. The first-order valence-electron chi connectivity index (χ1n) is 6.69. The van der Waals surface area contributed by atoms with Crippen LogP contribution in [-0.4, -0.2) is 24.0 Å². The van der Waals surface area contributed by atoms with Gasteiger partial charge in [-0.15, -0.1) is 0 Å². The first-order chi connectivity index (χ1) is 9.59. The number of hydrogen-bond donors (Lipinski definition) is 1. The van der Waals surface area contributed by atoms with Gasteiger partial charge in [-0.1, -0.05) is 18.6 Å². The van der Waals surface area contributed by atoms with Gasteiger partial charge in [-0.3, -0.25) is 14.9 Å². The Bertz CT molecular complexity index is 431. The highest BCUT2D eigenvalue weighted by Gasteiger charge is 2.03. The average molecular weight is 280 g/mol. The van der Waals surface area contributed by atoms with Crippen molar-refractivity contribution in [2.45, 2.75) is 32.1 Å². The number of primary amides is 1. The van der Waals surface area contributed by atoms with Crippen molar-refractivity contribution < 1.29 is 14.5 Å². The summed E-state index contributed by atoms with van der Waals surface area (Å²) in [7, 11) is 0. The minimum atomic E-state index is -0.410. The normalized spacial score (nSPS) is 10.4. The summed E-state index contributed by atoms with van der Waals surface area (Å²) in [5.41, 5.74) is 6.16. The van der Waals surface area contributed by atoms with Gasteiger partial charge in [0.2, 0.25) is 5.91 Å². The van der Waals surface area contributed by atoms with E-state index in [2.05, 4.69) is 0 Å². The predicted molar refractivity (Wildman–Crippen MR) is 75.3 cm³/mol. The highest BCUT2D eigenvalue weighted by atomic mass is 16.6. The van der Waals surface area contributed by atoms with E-state index in [1.165, 1.54) is 12.1 Å². The van der Waals surface area contributed by atoms with Crippen LogP contribution in [0.3, 0.4) is 0 Å². The third-order valence-electron chi connectivity index (χ3n) is 2.89. The lowest BCUT2D eigenvalue weighted by molar-refractivity contribution is -0.384. The summed E-state index contributed by atoms with van der Waals surface area (Å²) in [4.78, 5) is 20.6. The fraction of sp³-hybridized carbons (Fsp3) is 0.500. The van der Waals surface area contributed by atoms with Crippen molar-refractivity contribution in [1.29, 1.82) is 0 Å². The molecule has 1 amide bonds. The third kappa shape index (κ3) is 6.84. The maximum atomic E-state index is 10.5. The van der Waals surface area contributed by atoms with Crippen molar-refractivity contribution >= 4 is 11.6 Å². The molecule has 0 aromatic heterocycles. The summed E-state index contributed by atoms with van der Waals surface area (Å²) in [5, 5.41) is 10.5. The standard InChI is InChI=1S/C14H20N2O4/c15-14(17)4-2-1-3-10-20-11-9-12-5-7-13(8-6-12)16(18)19/h5-8H,1-4,9-11H2,(H2,15,17). The molecule has 20 heavy (non-hydrogen) atoms. The molecule has 6 heteroatoms. The summed E-state index contributed by atoms with van der Waals surface area (Å²) in [6, 6.07) is 6.49. The number of hydrogen-bond acceptors (Lipinski definition) is 4. The first-order valence-corrected chi connectivity index (χ1v) is 6.69. The molecule has 0 bridgehead atoms. The van der Waals surface area contributed by atoms with E-state index in [0.717, 1.165) is 31.2 Å². The number of nitro groups is 1. The van der Waals surface area contributed by atoms with Crippen LogP contribution in [0.2, 0.25) is 0 Å². The highest BCUT2D eigenvalue weighted by molar-refractivity contribution is 5.73. The fourth-order valence-electron chi connectivity index (χ4n) is 1.76. The van der Waals surface area contributed by atoms with Gasteiger partial charge in [0.05, 0.1) is 11.5 Å². The zero-order valence-electron chi connectivity index (χ0n) is 11.4. The molecule has 1 aromatic carbocycles. The van der Waals surface area contributed by atoms with Gasteiger partial charge in [0, 0.05) is 25.2 Å². The van der Waals surface area contributed by atoms with Crippen LogP contribution in [0.15, 0.2) is 24.3 Å². The zero-order valence-corrected chi connectivity index (χ0v) is 11.4. The summed E-state index contributed by atoms with van der Waals surface area (Å²) >= 11 is 0. The van der Waals surface area contributed by atoms with Crippen molar-refractivity contribution in [3.63, 3.8) is 0 Å². The van der Waals surface area contributed by atoms with Crippen molar-refractivity contribution in [3.05, 3.63) is 39.9 Å². The number of non-ortho nitro benzene ring substituents is 1. The fourth-order valence-corrected chi connectivity index (χ4v) is 1.76. The summed E-state index contributed by atoms with van der Waals surface area (Å²) in [5.74, 6) is -0.260. The second kappa shape index (κ2) is 9.03. The van der Waals surface area contributed by atoms with Gasteiger partial charge in [-0.2, -0.15) is 0 Å². The molecular formula is C14H20N2O4. The zero-order chi connectivity index (χ0) is 14.8. The van der Waals surface area contributed by atoms with Crippen LogP contribution in [0, 0.1) is 10.1 Å². The van der Waals surface area contributed by atoms with Gasteiger partial charge >= 0.3 is 0 Å². The second-order valence-corrected chi connectivity index (χ2v) is 4.56.